The van der Waals surface area contributed by atoms with Crippen LogP contribution < -0.4 is 0 Å². The van der Waals surface area contributed by atoms with Crippen molar-refractivity contribution in [1.29, 1.82) is 0 Å². The lowest BCUT2D eigenvalue weighted by Gasteiger charge is -2.07. The van der Waals surface area contributed by atoms with Crippen molar-refractivity contribution in [3.63, 3.8) is 0 Å². The topological polar surface area (TPSA) is 34.9 Å². The van der Waals surface area contributed by atoms with Gasteiger partial charge in [0, 0.05) is 25.4 Å². The summed E-state index contributed by atoms with van der Waals surface area (Å²) in [5.41, 5.74) is -0.136. The van der Waals surface area contributed by atoms with Crippen molar-refractivity contribution in [2.75, 3.05) is 0 Å². The Kier molecular flexibility index (Phi) is 4.45. The third-order valence-corrected chi connectivity index (χ3v) is 3.18. The molecule has 0 aliphatic heterocycles. The molecule has 0 bridgehead atoms. The molecular weight excluding hydrogens is 281 g/mol. The quantitative estimate of drug-likeness (QED) is 0.848. The van der Waals surface area contributed by atoms with E-state index in [9.17, 15) is 18.0 Å². The molecular formula is C15H15F3N2O. The van der Waals surface area contributed by atoms with Crippen LogP contribution >= 0.6 is 0 Å². The summed E-state index contributed by atoms with van der Waals surface area (Å²) in [5.74, 6) is 0.602. The SMILES string of the molecule is CCn1ccnc1CC(=O)Cc1ccc(C(F)(F)F)cc1. The minimum absolute atomic E-state index is 0.0735. The molecule has 0 saturated heterocycles. The first-order chi connectivity index (χ1) is 9.90. The van der Waals surface area contributed by atoms with E-state index in [-0.39, 0.29) is 18.6 Å². The third kappa shape index (κ3) is 3.93. The van der Waals surface area contributed by atoms with Gasteiger partial charge in [0.1, 0.15) is 11.6 Å². The van der Waals surface area contributed by atoms with Gasteiger partial charge < -0.3 is 4.57 Å². The number of Topliss-reactive ketones (excluding diaryl/α,β-unsaturated/α-hetero) is 1. The number of benzene rings is 1. The normalized spacial score (nSPS) is 11.6. The van der Waals surface area contributed by atoms with Crippen LogP contribution in [0.2, 0.25) is 0 Å². The predicted molar refractivity (Wildman–Crippen MR) is 71.8 cm³/mol. The lowest BCUT2D eigenvalue weighted by atomic mass is 10.0. The second kappa shape index (κ2) is 6.11. The predicted octanol–water partition coefficient (Wildman–Crippen LogP) is 3.28. The van der Waals surface area contributed by atoms with Crippen LogP contribution in [0.4, 0.5) is 13.2 Å². The van der Waals surface area contributed by atoms with Crippen LogP contribution in [0.15, 0.2) is 36.7 Å². The van der Waals surface area contributed by atoms with Crippen LogP contribution in [0, 0.1) is 0 Å². The van der Waals surface area contributed by atoms with Crippen LogP contribution in [-0.2, 0) is 30.4 Å². The minimum atomic E-state index is -4.35. The highest BCUT2D eigenvalue weighted by atomic mass is 19.4. The fourth-order valence-electron chi connectivity index (χ4n) is 2.07. The van der Waals surface area contributed by atoms with E-state index < -0.39 is 11.7 Å². The van der Waals surface area contributed by atoms with Gasteiger partial charge in [-0.15, -0.1) is 0 Å². The molecule has 0 saturated carbocycles. The highest BCUT2D eigenvalue weighted by molar-refractivity contribution is 5.82. The van der Waals surface area contributed by atoms with E-state index in [4.69, 9.17) is 0 Å². The van der Waals surface area contributed by atoms with Crippen molar-refractivity contribution in [3.05, 3.63) is 53.6 Å². The van der Waals surface area contributed by atoms with Gasteiger partial charge in [0.15, 0.2) is 0 Å². The summed E-state index contributed by atoms with van der Waals surface area (Å²) in [6.45, 7) is 2.68. The number of imidazole rings is 1. The van der Waals surface area contributed by atoms with E-state index in [1.807, 2.05) is 11.5 Å². The van der Waals surface area contributed by atoms with Gasteiger partial charge in [-0.1, -0.05) is 12.1 Å². The highest BCUT2D eigenvalue weighted by Gasteiger charge is 2.29. The van der Waals surface area contributed by atoms with Crippen LogP contribution in [0.5, 0.6) is 0 Å². The Morgan fingerprint density at radius 3 is 2.43 bits per heavy atom. The highest BCUT2D eigenvalue weighted by Crippen LogP contribution is 2.29. The molecule has 1 aromatic heterocycles. The average molecular weight is 296 g/mol. The van der Waals surface area contributed by atoms with Crippen molar-refractivity contribution in [2.45, 2.75) is 32.5 Å². The maximum atomic E-state index is 12.4. The van der Waals surface area contributed by atoms with Gasteiger partial charge in [-0.3, -0.25) is 4.79 Å². The van der Waals surface area contributed by atoms with Crippen LogP contribution in [0.1, 0.15) is 23.9 Å². The molecule has 0 spiro atoms. The zero-order valence-corrected chi connectivity index (χ0v) is 11.5. The van der Waals surface area contributed by atoms with Gasteiger partial charge in [-0.05, 0) is 24.6 Å². The molecule has 0 aliphatic carbocycles. The number of hydrogen-bond acceptors (Lipinski definition) is 2. The molecule has 0 radical (unpaired) electrons. The van der Waals surface area contributed by atoms with Crippen LogP contribution in [0.25, 0.3) is 0 Å². The van der Waals surface area contributed by atoms with Crippen molar-refractivity contribution in [1.82, 2.24) is 9.55 Å². The van der Waals surface area contributed by atoms with Gasteiger partial charge in [0.25, 0.3) is 0 Å². The number of carbonyl (C=O) groups is 1. The number of rotatable bonds is 5. The molecule has 0 fully saturated rings. The number of aryl methyl sites for hydroxylation is 1. The van der Waals surface area contributed by atoms with E-state index in [1.54, 1.807) is 12.4 Å². The molecule has 0 aliphatic rings. The summed E-state index contributed by atoms with van der Waals surface area (Å²) < 4.78 is 39.2. The number of alkyl halides is 3. The van der Waals surface area contributed by atoms with Gasteiger partial charge >= 0.3 is 6.18 Å². The van der Waals surface area contributed by atoms with E-state index in [0.717, 1.165) is 18.7 Å². The van der Waals surface area contributed by atoms with Crippen molar-refractivity contribution < 1.29 is 18.0 Å². The Morgan fingerprint density at radius 2 is 1.86 bits per heavy atom. The summed E-state index contributed by atoms with van der Waals surface area (Å²) in [6.07, 6.45) is -0.643. The first-order valence-corrected chi connectivity index (χ1v) is 6.58. The summed E-state index contributed by atoms with van der Waals surface area (Å²) in [6, 6.07) is 4.67. The second-order valence-electron chi connectivity index (χ2n) is 4.72. The van der Waals surface area contributed by atoms with Crippen LogP contribution in [-0.4, -0.2) is 15.3 Å². The molecule has 1 aromatic carbocycles. The number of carbonyl (C=O) groups excluding carboxylic acids is 1. The monoisotopic (exact) mass is 296 g/mol. The number of halogens is 3. The van der Waals surface area contributed by atoms with Crippen molar-refractivity contribution in [3.8, 4) is 0 Å². The molecule has 21 heavy (non-hydrogen) atoms. The zero-order chi connectivity index (χ0) is 15.5. The first kappa shape index (κ1) is 15.3. The summed E-state index contributed by atoms with van der Waals surface area (Å²) >= 11 is 0. The fourth-order valence-corrected chi connectivity index (χ4v) is 2.07. The maximum absolute atomic E-state index is 12.4. The molecule has 3 nitrogen and oxygen atoms in total. The van der Waals surface area contributed by atoms with Gasteiger partial charge in [0.05, 0.1) is 12.0 Å². The maximum Gasteiger partial charge on any atom is 0.416 e. The van der Waals surface area contributed by atoms with Crippen LogP contribution in [0.3, 0.4) is 0 Å². The Morgan fingerprint density at radius 1 is 1.19 bits per heavy atom. The van der Waals surface area contributed by atoms with Gasteiger partial charge in [0.2, 0.25) is 0 Å². The van der Waals surface area contributed by atoms with E-state index in [0.29, 0.717) is 11.4 Å². The smallest absolute Gasteiger partial charge is 0.335 e. The molecule has 1 heterocycles. The molecule has 0 atom stereocenters. The first-order valence-electron chi connectivity index (χ1n) is 6.58. The largest absolute Gasteiger partial charge is 0.416 e. The average Bonchev–Trinajstić information content (AvgIpc) is 2.85. The molecule has 112 valence electrons. The Hall–Kier alpha value is -2.11. The lowest BCUT2D eigenvalue weighted by Crippen LogP contribution is -2.12. The third-order valence-electron chi connectivity index (χ3n) is 3.18. The van der Waals surface area contributed by atoms with Crippen molar-refractivity contribution >= 4 is 5.78 Å². The Balaban J connectivity index is 2.00. The molecule has 6 heteroatoms. The standard InChI is InChI=1S/C15H15F3N2O/c1-2-20-8-7-19-14(20)10-13(21)9-11-3-5-12(6-4-11)15(16,17)18/h3-8H,2,9-10H2,1H3. The summed E-state index contributed by atoms with van der Waals surface area (Å²) in [5, 5.41) is 0. The molecule has 0 amide bonds. The van der Waals surface area contributed by atoms with E-state index in [2.05, 4.69) is 4.98 Å². The lowest BCUT2D eigenvalue weighted by molar-refractivity contribution is -0.137. The molecule has 2 aromatic rings. The fraction of sp³-hybridized carbons (Fsp3) is 0.333. The molecule has 2 rings (SSSR count). The Bertz CT molecular complexity index is 615. The summed E-state index contributed by atoms with van der Waals surface area (Å²) in [4.78, 5) is 16.1. The van der Waals surface area contributed by atoms with Gasteiger partial charge in [-0.2, -0.15) is 13.2 Å². The number of aromatic nitrogens is 2. The number of ketones is 1. The Labute approximate surface area is 120 Å². The number of nitrogens with zero attached hydrogens (tertiary/aromatic N) is 2. The number of hydrogen-bond donors (Lipinski definition) is 0. The summed E-state index contributed by atoms with van der Waals surface area (Å²) in [7, 11) is 0. The zero-order valence-electron chi connectivity index (χ0n) is 11.5. The van der Waals surface area contributed by atoms with Crippen molar-refractivity contribution in [2.24, 2.45) is 0 Å². The van der Waals surface area contributed by atoms with E-state index >= 15 is 0 Å². The van der Waals surface area contributed by atoms with E-state index in [1.165, 1.54) is 12.1 Å². The van der Waals surface area contributed by atoms with Gasteiger partial charge in [-0.25, -0.2) is 4.98 Å². The second-order valence-corrected chi connectivity index (χ2v) is 4.72. The molecule has 0 unspecified atom stereocenters. The molecule has 0 N–H and O–H groups in total. The minimum Gasteiger partial charge on any atom is -0.335 e.